The predicted octanol–water partition coefficient (Wildman–Crippen LogP) is 3.31. The Hall–Kier alpha value is -3.64. The largest absolute Gasteiger partial charge is 0.465 e. The van der Waals surface area contributed by atoms with Gasteiger partial charge >= 0.3 is 12.3 Å². The zero-order valence-electron chi connectivity index (χ0n) is 22.1. The third-order valence-corrected chi connectivity index (χ3v) is 9.05. The molecule has 0 spiro atoms. The van der Waals surface area contributed by atoms with Crippen molar-refractivity contribution in [2.75, 3.05) is 21.2 Å². The van der Waals surface area contributed by atoms with Gasteiger partial charge in [-0.1, -0.05) is 6.07 Å². The van der Waals surface area contributed by atoms with Crippen LogP contribution in [0.2, 0.25) is 0 Å². The normalized spacial score (nSPS) is 19.6. The van der Waals surface area contributed by atoms with E-state index < -0.39 is 43.4 Å². The van der Waals surface area contributed by atoms with Crippen molar-refractivity contribution in [3.8, 4) is 17.2 Å². The minimum Gasteiger partial charge on any atom is -0.465 e. The van der Waals surface area contributed by atoms with Crippen LogP contribution < -0.4 is 5.32 Å². The Morgan fingerprint density at radius 2 is 1.95 bits per heavy atom. The predicted molar refractivity (Wildman–Crippen MR) is 136 cm³/mol. The summed E-state index contributed by atoms with van der Waals surface area (Å²) in [7, 11) is 0.443. The molecule has 1 aromatic heterocycles. The number of carboxylic acid groups (broad SMARTS) is 1. The summed E-state index contributed by atoms with van der Waals surface area (Å²) in [4.78, 5) is 22.4. The van der Waals surface area contributed by atoms with Crippen LogP contribution in [0.5, 0.6) is 0 Å². The Labute approximate surface area is 229 Å². The first-order valence-corrected chi connectivity index (χ1v) is 13.8. The van der Waals surface area contributed by atoms with E-state index in [0.717, 1.165) is 12.1 Å². The van der Waals surface area contributed by atoms with E-state index in [-0.39, 0.29) is 37.0 Å². The van der Waals surface area contributed by atoms with Crippen molar-refractivity contribution in [2.45, 2.75) is 66.6 Å². The lowest BCUT2D eigenvalue weighted by Gasteiger charge is -2.18. The number of nitriles is 1. The SMILES string of the molecule is CO[C@@H]1CC[C@@H](S(=O)(=O)c2ccc(-c3cnn(CC(=O)N(C)C)c3)cc2C(F)(F)F)C1.N#CC1(NC(=O)O)CC1. The van der Waals surface area contributed by atoms with Gasteiger partial charge in [-0.2, -0.15) is 23.5 Å². The maximum Gasteiger partial charge on any atom is 0.417 e. The molecule has 4 rings (SSSR count). The highest BCUT2D eigenvalue weighted by molar-refractivity contribution is 7.92. The molecule has 15 heteroatoms. The number of amides is 2. The topological polar surface area (TPSA) is 155 Å². The number of nitrogens with zero attached hydrogens (tertiary/aromatic N) is 4. The average molecular weight is 586 g/mol. The number of benzene rings is 1. The van der Waals surface area contributed by atoms with Crippen LogP contribution in [0.1, 0.15) is 37.7 Å². The molecule has 2 fully saturated rings. The van der Waals surface area contributed by atoms with E-state index in [2.05, 4.69) is 10.4 Å². The molecule has 0 aliphatic heterocycles. The molecule has 11 nitrogen and oxygen atoms in total. The third-order valence-electron chi connectivity index (χ3n) is 6.77. The summed E-state index contributed by atoms with van der Waals surface area (Å²) in [6, 6.07) is 5.06. The smallest absolute Gasteiger partial charge is 0.417 e. The van der Waals surface area contributed by atoms with Gasteiger partial charge in [0.25, 0.3) is 0 Å². The van der Waals surface area contributed by atoms with Gasteiger partial charge in [-0.15, -0.1) is 0 Å². The molecule has 2 aliphatic rings. The number of methoxy groups -OCH3 is 1. The Kier molecular flexibility index (Phi) is 9.15. The van der Waals surface area contributed by atoms with Crippen LogP contribution in [0.3, 0.4) is 0 Å². The number of carbonyl (C=O) groups excluding carboxylic acids is 1. The summed E-state index contributed by atoms with van der Waals surface area (Å²) in [5.41, 5.74) is -1.42. The molecule has 2 atom stereocenters. The van der Waals surface area contributed by atoms with Gasteiger partial charge in [-0.05, 0) is 49.8 Å². The number of carbonyl (C=O) groups is 2. The van der Waals surface area contributed by atoms with Crippen molar-refractivity contribution in [3.05, 3.63) is 36.2 Å². The maximum absolute atomic E-state index is 13.8. The number of likely N-dealkylation sites (N-methyl/N-ethyl adjacent to an activating group) is 1. The minimum atomic E-state index is -4.85. The van der Waals surface area contributed by atoms with Gasteiger partial charge < -0.3 is 20.1 Å². The van der Waals surface area contributed by atoms with Crippen LogP contribution >= 0.6 is 0 Å². The van der Waals surface area contributed by atoms with Crippen LogP contribution in [0.15, 0.2) is 35.5 Å². The van der Waals surface area contributed by atoms with Gasteiger partial charge in [0.05, 0.1) is 34.1 Å². The van der Waals surface area contributed by atoms with Crippen LogP contribution in [0, 0.1) is 11.3 Å². The highest BCUT2D eigenvalue weighted by atomic mass is 32.2. The first kappa shape index (κ1) is 30.9. The molecule has 0 unspecified atom stereocenters. The fraction of sp³-hybridized carbons (Fsp3) is 0.520. The molecule has 2 aliphatic carbocycles. The highest BCUT2D eigenvalue weighted by Crippen LogP contribution is 2.40. The molecular formula is C25H30F3N5O6S. The summed E-state index contributed by atoms with van der Waals surface area (Å²) < 4.78 is 73.9. The van der Waals surface area contributed by atoms with Crippen molar-refractivity contribution in [1.82, 2.24) is 20.0 Å². The van der Waals surface area contributed by atoms with E-state index in [0.29, 0.717) is 24.8 Å². The minimum absolute atomic E-state index is 0.0616. The number of hydrogen-bond donors (Lipinski definition) is 2. The lowest BCUT2D eigenvalue weighted by Crippen LogP contribution is -2.33. The second kappa shape index (κ2) is 11.8. The zero-order chi connectivity index (χ0) is 29.9. The van der Waals surface area contributed by atoms with Crippen molar-refractivity contribution >= 4 is 21.8 Å². The second-order valence-electron chi connectivity index (χ2n) is 9.89. The first-order chi connectivity index (χ1) is 18.6. The molecule has 2 N–H and O–H groups in total. The Morgan fingerprint density at radius 3 is 2.42 bits per heavy atom. The van der Waals surface area contributed by atoms with Crippen molar-refractivity contribution in [1.29, 1.82) is 5.26 Å². The molecule has 1 aromatic carbocycles. The quantitative estimate of drug-likeness (QED) is 0.502. The number of aromatic nitrogens is 2. The number of alkyl halides is 3. The summed E-state index contributed by atoms with van der Waals surface area (Å²) in [5.74, 6) is -0.224. The molecule has 40 heavy (non-hydrogen) atoms. The summed E-state index contributed by atoms with van der Waals surface area (Å²) in [6.45, 7) is -0.0616. The molecule has 1 heterocycles. The van der Waals surface area contributed by atoms with Gasteiger partial charge in [-0.25, -0.2) is 13.2 Å². The molecule has 2 saturated carbocycles. The number of rotatable bonds is 7. The summed E-state index contributed by atoms with van der Waals surface area (Å²) >= 11 is 0. The van der Waals surface area contributed by atoms with Gasteiger partial charge in [-0.3, -0.25) is 9.48 Å². The second-order valence-corrected chi connectivity index (χ2v) is 12.1. The van der Waals surface area contributed by atoms with E-state index in [1.807, 2.05) is 6.07 Å². The lowest BCUT2D eigenvalue weighted by molar-refractivity contribution is -0.139. The molecule has 0 radical (unpaired) electrons. The van der Waals surface area contributed by atoms with Crippen molar-refractivity contribution < 1.29 is 41.0 Å². The fourth-order valence-corrected chi connectivity index (χ4v) is 6.24. The molecular weight excluding hydrogens is 555 g/mol. The lowest BCUT2D eigenvalue weighted by atomic mass is 10.1. The average Bonchev–Trinajstić information content (AvgIpc) is 3.27. The monoisotopic (exact) mass is 585 g/mol. The Bertz CT molecular complexity index is 1400. The number of ether oxygens (including phenoxy) is 1. The molecule has 0 saturated heterocycles. The van der Waals surface area contributed by atoms with E-state index in [1.165, 1.54) is 35.2 Å². The molecule has 0 bridgehead atoms. The van der Waals surface area contributed by atoms with Gasteiger partial charge in [0, 0.05) is 33.0 Å². The standard InChI is InChI=1S/C20H24F3N3O4S.C5H6N2O2/c1-25(2)19(27)12-26-11-14(10-24-26)13-4-7-18(17(8-13)20(21,22)23)31(28,29)16-6-5-15(9-16)30-3;6-3-5(1-2-5)7-4(8)9/h4,7-8,10-11,15-16H,5-6,9,12H2,1-3H3;7H,1-2H2,(H,8,9)/t15-,16-;/m1./s1. The summed E-state index contributed by atoms with van der Waals surface area (Å²) in [6.07, 6.45) is -1.24. The van der Waals surface area contributed by atoms with Gasteiger partial charge in [0.1, 0.15) is 12.1 Å². The highest BCUT2D eigenvalue weighted by Gasteiger charge is 2.45. The molecule has 2 aromatic rings. The Morgan fingerprint density at radius 1 is 1.27 bits per heavy atom. The molecule has 218 valence electrons. The first-order valence-electron chi connectivity index (χ1n) is 12.2. The number of hydrogen-bond acceptors (Lipinski definition) is 7. The van der Waals surface area contributed by atoms with Crippen LogP contribution in [0.25, 0.3) is 11.1 Å². The van der Waals surface area contributed by atoms with E-state index in [9.17, 15) is 31.2 Å². The zero-order valence-corrected chi connectivity index (χ0v) is 22.9. The van der Waals surface area contributed by atoms with Crippen molar-refractivity contribution in [2.24, 2.45) is 0 Å². The van der Waals surface area contributed by atoms with Gasteiger partial charge in [0.15, 0.2) is 9.84 Å². The fourth-order valence-electron chi connectivity index (χ4n) is 4.23. The van der Waals surface area contributed by atoms with Gasteiger partial charge in [0.2, 0.25) is 5.91 Å². The van der Waals surface area contributed by atoms with Crippen LogP contribution in [-0.2, 0) is 32.1 Å². The van der Waals surface area contributed by atoms with Crippen LogP contribution in [0.4, 0.5) is 18.0 Å². The summed E-state index contributed by atoms with van der Waals surface area (Å²) in [5, 5.41) is 21.7. The maximum atomic E-state index is 13.8. The molecule has 2 amide bonds. The Balaban J connectivity index is 0.000000415. The third kappa shape index (κ3) is 7.30. The van der Waals surface area contributed by atoms with Crippen LogP contribution in [-0.4, -0.2) is 78.3 Å². The van der Waals surface area contributed by atoms with E-state index in [1.54, 1.807) is 14.1 Å². The van der Waals surface area contributed by atoms with Crippen molar-refractivity contribution in [3.63, 3.8) is 0 Å². The van der Waals surface area contributed by atoms with E-state index >= 15 is 0 Å². The number of nitrogens with one attached hydrogen (secondary N) is 1. The number of halogens is 3. The number of sulfone groups is 1. The van der Waals surface area contributed by atoms with E-state index in [4.69, 9.17) is 15.1 Å².